The van der Waals surface area contributed by atoms with Crippen molar-refractivity contribution in [1.29, 1.82) is 0 Å². The molecule has 0 spiro atoms. The first-order valence-electron chi connectivity index (χ1n) is 5.73. The molecule has 1 aliphatic heterocycles. The Hall–Kier alpha value is -1.22. The number of halogens is 1. The van der Waals surface area contributed by atoms with E-state index in [1.165, 1.54) is 24.9 Å². The first-order valence-corrected chi connectivity index (χ1v) is 6.10. The number of aromatic amines is 1. The zero-order valence-corrected chi connectivity index (χ0v) is 9.80. The van der Waals surface area contributed by atoms with Crippen LogP contribution in [0.2, 0.25) is 5.02 Å². The Balaban J connectivity index is 2.10. The molecule has 3 rings (SSSR count). The largest absolute Gasteiger partial charge is 0.371 e. The van der Waals surface area contributed by atoms with Crippen molar-refractivity contribution in [1.82, 2.24) is 9.97 Å². The Kier molecular flexibility index (Phi) is 2.48. The lowest BCUT2D eigenvalue weighted by atomic mass is 10.1. The van der Waals surface area contributed by atoms with Crippen LogP contribution in [0.3, 0.4) is 0 Å². The number of hydrogen-bond donors (Lipinski definition) is 1. The summed E-state index contributed by atoms with van der Waals surface area (Å²) in [5, 5.41) is 1.83. The quantitative estimate of drug-likeness (QED) is 0.823. The second kappa shape index (κ2) is 3.98. The summed E-state index contributed by atoms with van der Waals surface area (Å²) in [7, 11) is 0. The molecule has 1 saturated heterocycles. The molecule has 4 heteroatoms. The summed E-state index contributed by atoms with van der Waals surface area (Å²) in [6, 6.07) is 2.06. The molecule has 16 heavy (non-hydrogen) atoms. The van der Waals surface area contributed by atoms with Crippen molar-refractivity contribution in [2.75, 3.05) is 18.0 Å². The molecule has 0 saturated carbocycles. The molecule has 0 aromatic carbocycles. The summed E-state index contributed by atoms with van der Waals surface area (Å²) in [4.78, 5) is 9.80. The van der Waals surface area contributed by atoms with E-state index in [4.69, 9.17) is 11.6 Å². The molecule has 0 atom stereocenters. The maximum absolute atomic E-state index is 6.20. The van der Waals surface area contributed by atoms with E-state index >= 15 is 0 Å². The van der Waals surface area contributed by atoms with Crippen molar-refractivity contribution >= 4 is 28.3 Å². The van der Waals surface area contributed by atoms with Gasteiger partial charge in [0.25, 0.3) is 0 Å². The summed E-state index contributed by atoms with van der Waals surface area (Å²) in [5.74, 6) is 0. The zero-order valence-electron chi connectivity index (χ0n) is 9.04. The molecule has 1 aliphatic rings. The number of nitrogens with one attached hydrogen (secondary N) is 1. The average molecular weight is 236 g/mol. The van der Waals surface area contributed by atoms with E-state index in [-0.39, 0.29) is 0 Å². The fourth-order valence-corrected chi connectivity index (χ4v) is 2.64. The number of aromatic nitrogens is 2. The molecule has 2 aromatic rings. The van der Waals surface area contributed by atoms with Gasteiger partial charge in [-0.25, -0.2) is 4.98 Å². The molecule has 0 aliphatic carbocycles. The van der Waals surface area contributed by atoms with Crippen LogP contribution in [0.15, 0.2) is 18.5 Å². The van der Waals surface area contributed by atoms with Gasteiger partial charge in [0.15, 0.2) is 0 Å². The topological polar surface area (TPSA) is 31.9 Å². The predicted octanol–water partition coefficient (Wildman–Crippen LogP) is 3.21. The summed E-state index contributed by atoms with van der Waals surface area (Å²) < 4.78 is 0. The van der Waals surface area contributed by atoms with Gasteiger partial charge < -0.3 is 9.88 Å². The first kappa shape index (κ1) is 9.97. The molecule has 0 radical (unpaired) electrons. The van der Waals surface area contributed by atoms with Gasteiger partial charge in [0.2, 0.25) is 0 Å². The second-order valence-electron chi connectivity index (χ2n) is 4.24. The van der Waals surface area contributed by atoms with Crippen LogP contribution in [0.5, 0.6) is 0 Å². The minimum Gasteiger partial charge on any atom is -0.371 e. The fourth-order valence-electron chi connectivity index (χ4n) is 2.40. The van der Waals surface area contributed by atoms with Crippen molar-refractivity contribution in [2.24, 2.45) is 0 Å². The minimum absolute atomic E-state index is 0.767. The van der Waals surface area contributed by atoms with Crippen LogP contribution in [-0.4, -0.2) is 23.1 Å². The summed E-state index contributed by atoms with van der Waals surface area (Å²) in [6.45, 7) is 2.25. The van der Waals surface area contributed by atoms with Crippen molar-refractivity contribution in [3.8, 4) is 0 Å². The normalized spacial score (nSPS) is 16.9. The van der Waals surface area contributed by atoms with E-state index < -0.39 is 0 Å². The third-order valence-electron chi connectivity index (χ3n) is 3.20. The summed E-state index contributed by atoms with van der Waals surface area (Å²) in [6.07, 6.45) is 7.54. The van der Waals surface area contributed by atoms with Crippen molar-refractivity contribution < 1.29 is 0 Å². The van der Waals surface area contributed by atoms with Crippen LogP contribution in [0.1, 0.15) is 19.3 Å². The molecule has 0 unspecified atom stereocenters. The lowest BCUT2D eigenvalue weighted by molar-refractivity contribution is 0.579. The molecule has 0 bridgehead atoms. The molecular formula is C12H14ClN3. The predicted molar refractivity (Wildman–Crippen MR) is 67.2 cm³/mol. The van der Waals surface area contributed by atoms with E-state index in [0.717, 1.165) is 29.1 Å². The highest BCUT2D eigenvalue weighted by Gasteiger charge is 2.16. The number of fused-ring (bicyclic) bond motifs is 1. The highest BCUT2D eigenvalue weighted by Crippen LogP contribution is 2.32. The number of rotatable bonds is 1. The highest BCUT2D eigenvalue weighted by atomic mass is 35.5. The van der Waals surface area contributed by atoms with Gasteiger partial charge >= 0.3 is 0 Å². The van der Waals surface area contributed by atoms with Crippen LogP contribution in [0.25, 0.3) is 11.0 Å². The van der Waals surface area contributed by atoms with E-state index in [1.807, 2.05) is 12.4 Å². The Morgan fingerprint density at radius 2 is 2.06 bits per heavy atom. The standard InChI is InChI=1S/C12H14ClN3/c13-9-8-15-12-11(9)10(4-5-14-12)16-6-2-1-3-7-16/h4-5,8H,1-3,6-7H2,(H,14,15). The molecule has 0 amide bonds. The number of H-pyrrole nitrogens is 1. The Morgan fingerprint density at radius 1 is 1.25 bits per heavy atom. The summed E-state index contributed by atoms with van der Waals surface area (Å²) >= 11 is 6.20. The number of hydrogen-bond acceptors (Lipinski definition) is 2. The fraction of sp³-hybridized carbons (Fsp3) is 0.417. The van der Waals surface area contributed by atoms with Gasteiger partial charge in [0.05, 0.1) is 16.1 Å². The minimum atomic E-state index is 0.767. The molecule has 2 aromatic heterocycles. The molecule has 3 nitrogen and oxygen atoms in total. The van der Waals surface area contributed by atoms with E-state index in [9.17, 15) is 0 Å². The van der Waals surface area contributed by atoms with E-state index in [2.05, 4.69) is 20.9 Å². The van der Waals surface area contributed by atoms with Crippen LogP contribution in [-0.2, 0) is 0 Å². The zero-order chi connectivity index (χ0) is 11.0. The van der Waals surface area contributed by atoms with Crippen LogP contribution >= 0.6 is 11.6 Å². The summed E-state index contributed by atoms with van der Waals surface area (Å²) in [5.41, 5.74) is 2.10. The van der Waals surface area contributed by atoms with Gasteiger partial charge in [0, 0.05) is 25.5 Å². The van der Waals surface area contributed by atoms with Gasteiger partial charge in [-0.05, 0) is 25.3 Å². The SMILES string of the molecule is Clc1c[nH]c2nccc(N3CCCCC3)c12. The second-order valence-corrected chi connectivity index (χ2v) is 4.65. The van der Waals surface area contributed by atoms with Gasteiger partial charge in [-0.15, -0.1) is 0 Å². The maximum atomic E-state index is 6.20. The molecule has 1 fully saturated rings. The number of nitrogens with zero attached hydrogens (tertiary/aromatic N) is 2. The molecule has 84 valence electrons. The van der Waals surface area contributed by atoms with Gasteiger partial charge in [-0.1, -0.05) is 11.6 Å². The smallest absolute Gasteiger partial charge is 0.140 e. The van der Waals surface area contributed by atoms with Crippen LogP contribution < -0.4 is 4.90 Å². The van der Waals surface area contributed by atoms with Gasteiger partial charge in [-0.2, -0.15) is 0 Å². The average Bonchev–Trinajstić information content (AvgIpc) is 2.73. The van der Waals surface area contributed by atoms with Crippen molar-refractivity contribution in [3.63, 3.8) is 0 Å². The van der Waals surface area contributed by atoms with E-state index in [0.29, 0.717) is 0 Å². The third kappa shape index (κ3) is 1.55. The third-order valence-corrected chi connectivity index (χ3v) is 3.50. The molecule has 1 N–H and O–H groups in total. The van der Waals surface area contributed by atoms with Gasteiger partial charge in [0.1, 0.15) is 5.65 Å². The number of pyridine rings is 1. The Labute approximate surface area is 99.4 Å². The van der Waals surface area contributed by atoms with Crippen LogP contribution in [0.4, 0.5) is 5.69 Å². The monoisotopic (exact) mass is 235 g/mol. The van der Waals surface area contributed by atoms with Crippen LogP contribution in [0, 0.1) is 0 Å². The lowest BCUT2D eigenvalue weighted by Gasteiger charge is -2.29. The lowest BCUT2D eigenvalue weighted by Crippen LogP contribution is -2.29. The first-order chi connectivity index (χ1) is 7.86. The van der Waals surface area contributed by atoms with Crippen molar-refractivity contribution in [2.45, 2.75) is 19.3 Å². The highest BCUT2D eigenvalue weighted by molar-refractivity contribution is 6.36. The Bertz CT molecular complexity index is 500. The van der Waals surface area contributed by atoms with Crippen molar-refractivity contribution in [3.05, 3.63) is 23.5 Å². The number of piperidine rings is 1. The molecule has 3 heterocycles. The number of anilines is 1. The van der Waals surface area contributed by atoms with Gasteiger partial charge in [-0.3, -0.25) is 0 Å². The van der Waals surface area contributed by atoms with E-state index in [1.54, 1.807) is 0 Å². The maximum Gasteiger partial charge on any atom is 0.140 e. The Morgan fingerprint density at radius 3 is 2.88 bits per heavy atom. The molecular weight excluding hydrogens is 222 g/mol.